The van der Waals surface area contributed by atoms with Gasteiger partial charge < -0.3 is 0 Å². The number of rotatable bonds is 12. The first kappa shape index (κ1) is 23.4. The summed E-state index contributed by atoms with van der Waals surface area (Å²) >= 11 is 0. The van der Waals surface area contributed by atoms with E-state index in [1.54, 1.807) is 0 Å². The van der Waals surface area contributed by atoms with Crippen LogP contribution in [-0.2, 0) is 6.42 Å². The Hall–Kier alpha value is -0.860. The Kier molecular flexibility index (Phi) is 10.6. The Morgan fingerprint density at radius 1 is 0.964 bits per heavy atom. The summed E-state index contributed by atoms with van der Waals surface area (Å²) in [6.45, 7) is 18.8. The fourth-order valence-electron chi connectivity index (χ4n) is 4.77. The summed E-state index contributed by atoms with van der Waals surface area (Å²) in [5.41, 5.74) is 1.49. The van der Waals surface area contributed by atoms with E-state index in [-0.39, 0.29) is 0 Å². The molecule has 1 radical (unpaired) electrons. The molecule has 1 aromatic carbocycles. The van der Waals surface area contributed by atoms with Gasteiger partial charge in [-0.25, -0.2) is 0 Å². The lowest BCUT2D eigenvalue weighted by molar-refractivity contribution is 0.0155. The maximum Gasteiger partial charge on any atom is 0.0622 e. The number of nitrogens with zero attached hydrogens (tertiary/aromatic N) is 2. The zero-order valence-electron chi connectivity index (χ0n) is 19.1. The average Bonchev–Trinajstić information content (AvgIpc) is 2.67. The number of benzene rings is 1. The van der Waals surface area contributed by atoms with Crippen LogP contribution in [0.3, 0.4) is 0 Å². The molecule has 1 fully saturated rings. The highest BCUT2D eigenvalue weighted by Gasteiger charge is 2.27. The molecule has 2 nitrogen and oxygen atoms in total. The third-order valence-corrected chi connectivity index (χ3v) is 6.15. The van der Waals surface area contributed by atoms with E-state index in [0.717, 1.165) is 18.3 Å². The molecule has 2 rings (SSSR count). The van der Waals surface area contributed by atoms with Crippen molar-refractivity contribution in [2.24, 2.45) is 17.8 Å². The molecule has 159 valence electrons. The molecule has 0 aliphatic carbocycles. The molecule has 1 saturated heterocycles. The minimum absolute atomic E-state index is 0.518. The van der Waals surface area contributed by atoms with E-state index in [1.807, 2.05) is 0 Å². The molecule has 28 heavy (non-hydrogen) atoms. The summed E-state index contributed by atoms with van der Waals surface area (Å²) in [4.78, 5) is 5.53. The van der Waals surface area contributed by atoms with Crippen LogP contribution in [0.5, 0.6) is 0 Å². The van der Waals surface area contributed by atoms with Gasteiger partial charge in [0.25, 0.3) is 0 Å². The van der Waals surface area contributed by atoms with Gasteiger partial charge in [0.05, 0.1) is 6.17 Å². The van der Waals surface area contributed by atoms with Gasteiger partial charge in [0, 0.05) is 6.54 Å². The highest BCUT2D eigenvalue weighted by molar-refractivity contribution is 5.15. The first-order valence-corrected chi connectivity index (χ1v) is 11.8. The fraction of sp³-hybridized carbons (Fsp3) is 0.731. The highest BCUT2D eigenvalue weighted by Crippen LogP contribution is 2.24. The topological polar surface area (TPSA) is 6.48 Å². The van der Waals surface area contributed by atoms with Gasteiger partial charge in [0.2, 0.25) is 0 Å². The minimum atomic E-state index is 0.518. The second-order valence-corrected chi connectivity index (χ2v) is 9.73. The van der Waals surface area contributed by atoms with Gasteiger partial charge in [-0.1, -0.05) is 71.4 Å². The van der Waals surface area contributed by atoms with Crippen molar-refractivity contribution >= 4 is 0 Å². The third-order valence-electron chi connectivity index (χ3n) is 6.15. The fourth-order valence-corrected chi connectivity index (χ4v) is 4.77. The molecule has 1 aliphatic rings. The summed E-state index contributed by atoms with van der Waals surface area (Å²) in [5.74, 6) is 2.22. The zero-order chi connectivity index (χ0) is 20.4. The number of hydrogen-bond donors (Lipinski definition) is 0. The highest BCUT2D eigenvalue weighted by atomic mass is 15.4. The van der Waals surface area contributed by atoms with Crippen LogP contribution in [0.4, 0.5) is 0 Å². The normalized spacial score (nSPS) is 18.1. The van der Waals surface area contributed by atoms with Crippen molar-refractivity contribution in [1.82, 2.24) is 9.80 Å². The summed E-state index contributed by atoms with van der Waals surface area (Å²) in [7, 11) is 0. The van der Waals surface area contributed by atoms with Crippen molar-refractivity contribution in [2.45, 2.75) is 78.8 Å². The first-order valence-electron chi connectivity index (χ1n) is 11.8. The molecule has 1 aromatic rings. The lowest BCUT2D eigenvalue weighted by Gasteiger charge is -2.43. The number of piperidine rings is 1. The maximum absolute atomic E-state index is 4.38. The quantitative estimate of drug-likeness (QED) is 0.418. The Bertz CT molecular complexity index is 504. The maximum atomic E-state index is 4.38. The van der Waals surface area contributed by atoms with E-state index in [4.69, 9.17) is 0 Å². The van der Waals surface area contributed by atoms with Gasteiger partial charge in [0.15, 0.2) is 0 Å². The molecule has 0 amide bonds. The molecule has 2 atom stereocenters. The average molecular weight is 386 g/mol. The lowest BCUT2D eigenvalue weighted by Crippen LogP contribution is -2.52. The summed E-state index contributed by atoms with van der Waals surface area (Å²) in [5, 5.41) is 0. The standard InChI is InChI=1S/C26H45N2/c1-6-26(27-16-11-8-12-17-27)28(18-15-22(2)3)21-25(19-23(4)5)20-24-13-9-7-10-14-24/h7,9-10,13-14,22-23,25-26H,1,6,8,11-12,15-21H2,2-5H3. The van der Waals surface area contributed by atoms with Crippen LogP contribution < -0.4 is 0 Å². The van der Waals surface area contributed by atoms with Crippen molar-refractivity contribution in [1.29, 1.82) is 0 Å². The molecule has 0 spiro atoms. The molecule has 2 unspecified atom stereocenters. The molecule has 2 heteroatoms. The van der Waals surface area contributed by atoms with Crippen LogP contribution in [0.2, 0.25) is 0 Å². The van der Waals surface area contributed by atoms with Crippen LogP contribution in [0, 0.1) is 24.7 Å². The van der Waals surface area contributed by atoms with Crippen molar-refractivity contribution in [3.8, 4) is 0 Å². The third kappa shape index (κ3) is 8.25. The van der Waals surface area contributed by atoms with E-state index < -0.39 is 0 Å². The Morgan fingerprint density at radius 2 is 1.64 bits per heavy atom. The Balaban J connectivity index is 2.12. The molecule has 1 aliphatic heterocycles. The smallest absolute Gasteiger partial charge is 0.0622 e. The number of likely N-dealkylation sites (tertiary alicyclic amines) is 1. The Morgan fingerprint density at radius 3 is 2.21 bits per heavy atom. The monoisotopic (exact) mass is 385 g/mol. The van der Waals surface area contributed by atoms with Gasteiger partial charge in [-0.3, -0.25) is 9.80 Å². The molecule has 0 saturated carbocycles. The van der Waals surface area contributed by atoms with Crippen LogP contribution in [0.1, 0.15) is 71.8 Å². The second kappa shape index (κ2) is 12.6. The van der Waals surface area contributed by atoms with E-state index in [1.165, 1.54) is 70.3 Å². The zero-order valence-corrected chi connectivity index (χ0v) is 19.1. The second-order valence-electron chi connectivity index (χ2n) is 9.73. The van der Waals surface area contributed by atoms with E-state index in [2.05, 4.69) is 74.8 Å². The van der Waals surface area contributed by atoms with E-state index in [0.29, 0.717) is 12.1 Å². The largest absolute Gasteiger partial charge is 0.288 e. The summed E-state index contributed by atoms with van der Waals surface area (Å²) in [6.07, 6.45) is 9.41. The van der Waals surface area contributed by atoms with Crippen LogP contribution in [-0.4, -0.2) is 42.1 Å². The van der Waals surface area contributed by atoms with Gasteiger partial charge in [-0.05, 0) is 81.5 Å². The summed E-state index contributed by atoms with van der Waals surface area (Å²) in [6, 6.07) is 11.1. The van der Waals surface area contributed by atoms with Gasteiger partial charge in [0.1, 0.15) is 0 Å². The molecule has 0 aromatic heterocycles. The summed E-state index contributed by atoms with van der Waals surface area (Å²) < 4.78 is 0. The predicted octanol–water partition coefficient (Wildman–Crippen LogP) is 6.28. The molecule has 0 bridgehead atoms. The molecular formula is C26H45N2. The van der Waals surface area contributed by atoms with Crippen molar-refractivity contribution in [3.63, 3.8) is 0 Å². The van der Waals surface area contributed by atoms with Crippen LogP contribution >= 0.6 is 0 Å². The van der Waals surface area contributed by atoms with Crippen LogP contribution in [0.15, 0.2) is 30.3 Å². The van der Waals surface area contributed by atoms with Crippen LogP contribution in [0.25, 0.3) is 0 Å². The predicted molar refractivity (Wildman–Crippen MR) is 123 cm³/mol. The van der Waals surface area contributed by atoms with Crippen molar-refractivity contribution in [2.75, 3.05) is 26.2 Å². The molecule has 0 N–H and O–H groups in total. The van der Waals surface area contributed by atoms with Gasteiger partial charge in [-0.2, -0.15) is 0 Å². The molecular weight excluding hydrogens is 340 g/mol. The lowest BCUT2D eigenvalue weighted by atomic mass is 9.90. The Labute approximate surface area is 175 Å². The minimum Gasteiger partial charge on any atom is -0.288 e. The molecule has 1 heterocycles. The van der Waals surface area contributed by atoms with Gasteiger partial charge >= 0.3 is 0 Å². The first-order chi connectivity index (χ1) is 13.5. The van der Waals surface area contributed by atoms with Gasteiger partial charge in [-0.15, -0.1) is 0 Å². The van der Waals surface area contributed by atoms with Crippen molar-refractivity contribution in [3.05, 3.63) is 42.8 Å². The van der Waals surface area contributed by atoms with E-state index >= 15 is 0 Å². The van der Waals surface area contributed by atoms with E-state index in [9.17, 15) is 0 Å². The SMILES string of the molecule is [CH2]CC(N1CCCCC1)N(CCC(C)C)CC(Cc1ccccc1)CC(C)C. The number of hydrogen-bond acceptors (Lipinski definition) is 2. The van der Waals surface area contributed by atoms with Crippen molar-refractivity contribution < 1.29 is 0 Å².